The molecule has 1 heterocycles. The van der Waals surface area contributed by atoms with Gasteiger partial charge in [0.25, 0.3) is 0 Å². The molecule has 1 nitrogen and oxygen atoms in total. The van der Waals surface area contributed by atoms with Gasteiger partial charge in [0.2, 0.25) is 0 Å². The van der Waals surface area contributed by atoms with Crippen LogP contribution in [0, 0.1) is 0 Å². The van der Waals surface area contributed by atoms with Crippen LogP contribution in [0.5, 0.6) is 0 Å². The maximum absolute atomic E-state index is 10.9. The molecule has 15 heavy (non-hydrogen) atoms. The molecular formula is C11H6BrClOS. The number of benzene rings is 1. The van der Waals surface area contributed by atoms with E-state index in [0.29, 0.717) is 10.6 Å². The van der Waals surface area contributed by atoms with Crippen LogP contribution in [-0.4, -0.2) is 6.29 Å². The summed E-state index contributed by atoms with van der Waals surface area (Å²) in [4.78, 5) is 12.0. The van der Waals surface area contributed by atoms with Gasteiger partial charge in [0.15, 0.2) is 6.29 Å². The fraction of sp³-hybridized carbons (Fsp3) is 0. The van der Waals surface area contributed by atoms with E-state index in [1.54, 1.807) is 23.5 Å². The van der Waals surface area contributed by atoms with Gasteiger partial charge in [-0.25, -0.2) is 0 Å². The lowest BCUT2D eigenvalue weighted by Crippen LogP contribution is -1.85. The van der Waals surface area contributed by atoms with Crippen molar-refractivity contribution in [2.24, 2.45) is 0 Å². The molecule has 0 unspecified atom stereocenters. The number of aldehydes is 1. The molecule has 0 aliphatic heterocycles. The number of hydrogen-bond acceptors (Lipinski definition) is 2. The van der Waals surface area contributed by atoms with E-state index in [2.05, 4.69) is 15.9 Å². The Labute approximate surface area is 105 Å². The molecule has 0 atom stereocenters. The van der Waals surface area contributed by atoms with Crippen LogP contribution >= 0.6 is 38.9 Å². The summed E-state index contributed by atoms with van der Waals surface area (Å²) in [7, 11) is 0. The lowest BCUT2D eigenvalue weighted by Gasteiger charge is -2.03. The second-order valence-electron chi connectivity index (χ2n) is 2.95. The molecule has 0 saturated carbocycles. The fourth-order valence-corrected chi connectivity index (χ4v) is 3.14. The van der Waals surface area contributed by atoms with Gasteiger partial charge >= 0.3 is 0 Å². The van der Waals surface area contributed by atoms with Gasteiger partial charge in [0.05, 0.1) is 0 Å². The predicted octanol–water partition coefficient (Wildman–Crippen LogP) is 4.64. The molecule has 0 spiro atoms. The first kappa shape index (κ1) is 10.9. The Balaban J connectivity index is 2.63. The van der Waals surface area contributed by atoms with Gasteiger partial charge in [-0.15, -0.1) is 11.3 Å². The third kappa shape index (κ3) is 2.14. The molecule has 0 fully saturated rings. The topological polar surface area (TPSA) is 17.1 Å². The van der Waals surface area contributed by atoms with Gasteiger partial charge in [0.1, 0.15) is 0 Å². The van der Waals surface area contributed by atoms with E-state index in [0.717, 1.165) is 21.2 Å². The zero-order chi connectivity index (χ0) is 10.8. The van der Waals surface area contributed by atoms with Crippen molar-refractivity contribution in [2.45, 2.75) is 0 Å². The second kappa shape index (κ2) is 4.47. The van der Waals surface area contributed by atoms with Crippen LogP contribution in [0.2, 0.25) is 5.02 Å². The Bertz CT molecular complexity index is 507. The minimum atomic E-state index is 0.577. The number of rotatable bonds is 2. The highest BCUT2D eigenvalue weighted by atomic mass is 79.9. The zero-order valence-corrected chi connectivity index (χ0v) is 10.7. The van der Waals surface area contributed by atoms with E-state index >= 15 is 0 Å². The lowest BCUT2D eigenvalue weighted by molar-refractivity contribution is 0.112. The minimum absolute atomic E-state index is 0.577. The van der Waals surface area contributed by atoms with Crippen molar-refractivity contribution in [1.82, 2.24) is 0 Å². The molecule has 0 aliphatic carbocycles. The lowest BCUT2D eigenvalue weighted by atomic mass is 10.1. The van der Waals surface area contributed by atoms with E-state index in [1.807, 2.05) is 17.5 Å². The minimum Gasteiger partial charge on any atom is -0.298 e. The van der Waals surface area contributed by atoms with E-state index in [-0.39, 0.29) is 0 Å². The Kier molecular flexibility index (Phi) is 3.24. The SMILES string of the molecule is O=Cc1cc(Cl)ccc1-c1sccc1Br. The summed E-state index contributed by atoms with van der Waals surface area (Å²) in [5.41, 5.74) is 1.53. The van der Waals surface area contributed by atoms with E-state index in [4.69, 9.17) is 11.6 Å². The maximum Gasteiger partial charge on any atom is 0.150 e. The Morgan fingerprint density at radius 3 is 2.73 bits per heavy atom. The third-order valence-electron chi connectivity index (χ3n) is 2.00. The highest BCUT2D eigenvalue weighted by molar-refractivity contribution is 9.10. The smallest absolute Gasteiger partial charge is 0.150 e. The van der Waals surface area contributed by atoms with Crippen molar-refractivity contribution in [1.29, 1.82) is 0 Å². The molecule has 0 bridgehead atoms. The first-order valence-corrected chi connectivity index (χ1v) is 6.25. The summed E-state index contributed by atoms with van der Waals surface area (Å²) < 4.78 is 0.998. The molecule has 0 radical (unpaired) electrons. The summed E-state index contributed by atoms with van der Waals surface area (Å²) in [6.45, 7) is 0. The summed E-state index contributed by atoms with van der Waals surface area (Å²) in [6, 6.07) is 7.29. The molecule has 76 valence electrons. The van der Waals surface area contributed by atoms with Crippen molar-refractivity contribution in [3.05, 3.63) is 44.7 Å². The number of halogens is 2. The summed E-state index contributed by atoms with van der Waals surface area (Å²) >= 11 is 10.9. The van der Waals surface area contributed by atoms with Crippen molar-refractivity contribution in [3.63, 3.8) is 0 Å². The Morgan fingerprint density at radius 1 is 1.33 bits per heavy atom. The van der Waals surface area contributed by atoms with Crippen molar-refractivity contribution in [3.8, 4) is 10.4 Å². The largest absolute Gasteiger partial charge is 0.298 e. The average Bonchev–Trinajstić information content (AvgIpc) is 2.64. The van der Waals surface area contributed by atoms with Crippen LogP contribution < -0.4 is 0 Å². The van der Waals surface area contributed by atoms with Gasteiger partial charge in [-0.3, -0.25) is 4.79 Å². The zero-order valence-electron chi connectivity index (χ0n) is 7.54. The van der Waals surface area contributed by atoms with Gasteiger partial charge in [0, 0.05) is 25.5 Å². The number of thiophene rings is 1. The van der Waals surface area contributed by atoms with E-state index in [1.165, 1.54) is 0 Å². The molecule has 1 aromatic carbocycles. The third-order valence-corrected chi connectivity index (χ3v) is 4.11. The quantitative estimate of drug-likeness (QED) is 0.738. The normalized spacial score (nSPS) is 10.3. The highest BCUT2D eigenvalue weighted by Crippen LogP contribution is 2.35. The molecule has 0 amide bonds. The maximum atomic E-state index is 10.9. The number of hydrogen-bond donors (Lipinski definition) is 0. The fourth-order valence-electron chi connectivity index (χ4n) is 1.32. The van der Waals surface area contributed by atoms with Gasteiger partial charge in [-0.05, 0) is 39.5 Å². The van der Waals surface area contributed by atoms with E-state index in [9.17, 15) is 4.79 Å². The first-order valence-electron chi connectivity index (χ1n) is 4.20. The van der Waals surface area contributed by atoms with Crippen molar-refractivity contribution in [2.75, 3.05) is 0 Å². The molecule has 2 aromatic rings. The molecule has 0 N–H and O–H groups in total. The summed E-state index contributed by atoms with van der Waals surface area (Å²) in [5, 5.41) is 2.55. The molecule has 0 saturated heterocycles. The first-order chi connectivity index (χ1) is 7.22. The number of carbonyl (C=O) groups excluding carboxylic acids is 1. The molecule has 0 aliphatic rings. The molecule has 4 heteroatoms. The van der Waals surface area contributed by atoms with E-state index < -0.39 is 0 Å². The standard InChI is InChI=1S/C11H6BrClOS/c12-10-3-4-15-11(10)9-2-1-8(13)5-7(9)6-14/h1-6H. The summed E-state index contributed by atoms with van der Waals surface area (Å²) in [5.74, 6) is 0. The Morgan fingerprint density at radius 2 is 2.13 bits per heavy atom. The van der Waals surface area contributed by atoms with Gasteiger partial charge in [-0.1, -0.05) is 17.7 Å². The molecule has 1 aromatic heterocycles. The van der Waals surface area contributed by atoms with Gasteiger partial charge in [-0.2, -0.15) is 0 Å². The van der Waals surface area contributed by atoms with Crippen LogP contribution in [0.4, 0.5) is 0 Å². The predicted molar refractivity (Wildman–Crippen MR) is 67.9 cm³/mol. The summed E-state index contributed by atoms with van der Waals surface area (Å²) in [6.07, 6.45) is 0.827. The van der Waals surface area contributed by atoms with Crippen molar-refractivity contribution >= 4 is 45.2 Å². The monoisotopic (exact) mass is 300 g/mol. The second-order valence-corrected chi connectivity index (χ2v) is 5.15. The van der Waals surface area contributed by atoms with Crippen LogP contribution in [0.3, 0.4) is 0 Å². The van der Waals surface area contributed by atoms with Crippen LogP contribution in [0.1, 0.15) is 10.4 Å². The van der Waals surface area contributed by atoms with Crippen LogP contribution in [0.15, 0.2) is 34.1 Å². The Hall–Kier alpha value is -0.640. The molecule has 2 rings (SSSR count). The molecular weight excluding hydrogens is 296 g/mol. The van der Waals surface area contributed by atoms with Crippen LogP contribution in [0.25, 0.3) is 10.4 Å². The number of carbonyl (C=O) groups is 1. The highest BCUT2D eigenvalue weighted by Gasteiger charge is 2.09. The van der Waals surface area contributed by atoms with Crippen molar-refractivity contribution < 1.29 is 4.79 Å². The van der Waals surface area contributed by atoms with Gasteiger partial charge < -0.3 is 0 Å². The van der Waals surface area contributed by atoms with Crippen LogP contribution in [-0.2, 0) is 0 Å². The average molecular weight is 302 g/mol.